The van der Waals surface area contributed by atoms with Gasteiger partial charge in [0, 0.05) is 40.0 Å². The molecule has 2 N–H and O–H groups in total. The zero-order chi connectivity index (χ0) is 21.9. The number of hydrogen-bond donors (Lipinski definition) is 2. The predicted octanol–water partition coefficient (Wildman–Crippen LogP) is 4.90. The van der Waals surface area contributed by atoms with E-state index in [0.29, 0.717) is 11.5 Å². The summed E-state index contributed by atoms with van der Waals surface area (Å²) in [4.78, 5) is 0. The maximum atomic E-state index is 10.1. The van der Waals surface area contributed by atoms with Gasteiger partial charge in [0.25, 0.3) is 0 Å². The Labute approximate surface area is 186 Å². The Bertz CT molecular complexity index is 1380. The van der Waals surface area contributed by atoms with Gasteiger partial charge in [-0.25, -0.2) is 0 Å². The highest BCUT2D eigenvalue weighted by Gasteiger charge is 2.46. The van der Waals surface area contributed by atoms with Gasteiger partial charge in [0.05, 0.1) is 0 Å². The summed E-state index contributed by atoms with van der Waals surface area (Å²) < 4.78 is 6.14. The van der Waals surface area contributed by atoms with Gasteiger partial charge < -0.3 is 14.9 Å². The van der Waals surface area contributed by atoms with Crippen LogP contribution in [0.2, 0.25) is 0 Å². The summed E-state index contributed by atoms with van der Waals surface area (Å²) in [6.45, 7) is 2.24. The molecule has 3 aliphatic rings. The molecule has 158 valence electrons. The van der Waals surface area contributed by atoms with Crippen molar-refractivity contribution in [2.24, 2.45) is 11.3 Å². The number of rotatable bonds is 2. The van der Waals surface area contributed by atoms with Gasteiger partial charge in [0.15, 0.2) is 0 Å². The van der Waals surface area contributed by atoms with Crippen LogP contribution in [0.1, 0.15) is 24.5 Å². The molecule has 6 rings (SSSR count). The lowest BCUT2D eigenvalue weighted by Gasteiger charge is -2.46. The average molecular weight is 421 g/mol. The molecule has 3 nitrogen and oxygen atoms in total. The van der Waals surface area contributed by atoms with Crippen molar-refractivity contribution in [3.8, 4) is 23.0 Å². The molecule has 3 aromatic carbocycles. The first-order chi connectivity index (χ1) is 15.5. The number of allylic oxidation sites excluding steroid dienone is 4. The van der Waals surface area contributed by atoms with Crippen LogP contribution in [0.5, 0.6) is 23.0 Å². The molecular weight excluding hydrogens is 396 g/mol. The Hall–Kier alpha value is -3.72. The van der Waals surface area contributed by atoms with Crippen molar-refractivity contribution < 1.29 is 14.9 Å². The Morgan fingerprint density at radius 2 is 1.50 bits per heavy atom. The fraction of sp³-hybridized carbons (Fsp3) is 0.172. The molecule has 1 aliphatic heterocycles. The second-order valence-corrected chi connectivity index (χ2v) is 9.29. The molecule has 0 amide bonds. The highest BCUT2D eigenvalue weighted by atomic mass is 16.5. The summed E-state index contributed by atoms with van der Waals surface area (Å²) in [5.41, 5.74) is 1.47. The molecule has 0 saturated carbocycles. The smallest absolute Gasteiger partial charge is 0.135 e. The summed E-state index contributed by atoms with van der Waals surface area (Å²) in [6, 6.07) is 19.2. The zero-order valence-electron chi connectivity index (χ0n) is 17.8. The number of benzene rings is 3. The van der Waals surface area contributed by atoms with Crippen LogP contribution in [0.25, 0.3) is 12.2 Å². The van der Waals surface area contributed by atoms with Crippen LogP contribution < -0.4 is 15.2 Å². The van der Waals surface area contributed by atoms with Gasteiger partial charge in [-0.05, 0) is 29.0 Å². The molecule has 2 unspecified atom stereocenters. The van der Waals surface area contributed by atoms with Crippen molar-refractivity contribution in [1.29, 1.82) is 0 Å². The molecule has 0 bridgehead atoms. The first-order valence-electron chi connectivity index (χ1n) is 11.0. The molecule has 3 heteroatoms. The van der Waals surface area contributed by atoms with E-state index in [1.807, 2.05) is 12.1 Å². The molecular formula is C29H24O3. The lowest BCUT2D eigenvalue weighted by atomic mass is 9.58. The molecule has 2 aliphatic carbocycles. The number of ether oxygens (including phenoxy) is 1. The normalized spacial score (nSPS) is 23.5. The second-order valence-electron chi connectivity index (χ2n) is 9.29. The molecule has 0 spiro atoms. The number of phenols is 2. The molecule has 0 saturated heterocycles. The topological polar surface area (TPSA) is 49.7 Å². The number of hydrogen-bond acceptors (Lipinski definition) is 3. The van der Waals surface area contributed by atoms with Crippen LogP contribution in [-0.2, 0) is 5.41 Å². The Morgan fingerprint density at radius 3 is 2.19 bits per heavy atom. The summed E-state index contributed by atoms with van der Waals surface area (Å²) in [5.74, 6) is 1.83. The van der Waals surface area contributed by atoms with Crippen LogP contribution in [0, 0.1) is 11.3 Å². The molecule has 0 radical (unpaired) electrons. The van der Waals surface area contributed by atoms with Crippen LogP contribution in [0.3, 0.4) is 0 Å². The van der Waals surface area contributed by atoms with Crippen molar-refractivity contribution in [3.63, 3.8) is 0 Å². The third kappa shape index (κ3) is 2.74. The number of fused-ring (bicyclic) bond motifs is 4. The van der Waals surface area contributed by atoms with Gasteiger partial charge in [-0.2, -0.15) is 0 Å². The maximum absolute atomic E-state index is 10.1. The third-order valence-electron chi connectivity index (χ3n) is 7.24. The summed E-state index contributed by atoms with van der Waals surface area (Å²) >= 11 is 0. The second kappa shape index (κ2) is 6.64. The average Bonchev–Trinajstić information content (AvgIpc) is 2.77. The van der Waals surface area contributed by atoms with Crippen molar-refractivity contribution in [3.05, 3.63) is 107 Å². The Balaban J connectivity index is 1.58. The van der Waals surface area contributed by atoms with E-state index in [1.165, 1.54) is 10.4 Å². The number of aromatic hydroxyl groups is 2. The molecule has 0 aromatic heterocycles. The SMILES string of the molecule is CC1(CC23C=CC=CC2C=c2ccccc2=C3)c2ccc(O)cc2Oc2cc(O)ccc21. The first kappa shape index (κ1) is 19.0. The van der Waals surface area contributed by atoms with Crippen LogP contribution in [0.15, 0.2) is 85.0 Å². The summed E-state index contributed by atoms with van der Waals surface area (Å²) in [6.07, 6.45) is 14.5. The number of phenolic OH excluding ortho intramolecular Hbond substituents is 2. The monoisotopic (exact) mass is 420 g/mol. The molecule has 3 aromatic rings. The molecule has 2 atom stereocenters. The summed E-state index contributed by atoms with van der Waals surface area (Å²) in [5, 5.41) is 22.7. The van der Waals surface area contributed by atoms with E-state index in [-0.39, 0.29) is 22.8 Å². The molecule has 0 fully saturated rings. The van der Waals surface area contributed by atoms with Crippen LogP contribution in [0.4, 0.5) is 0 Å². The predicted molar refractivity (Wildman–Crippen MR) is 126 cm³/mol. The Morgan fingerprint density at radius 1 is 0.844 bits per heavy atom. The van der Waals surface area contributed by atoms with Gasteiger partial charge in [-0.15, -0.1) is 0 Å². The Kier molecular flexibility index (Phi) is 3.94. The minimum absolute atomic E-state index is 0.165. The third-order valence-corrected chi connectivity index (χ3v) is 7.24. The fourth-order valence-electron chi connectivity index (χ4n) is 5.74. The van der Waals surface area contributed by atoms with E-state index < -0.39 is 5.41 Å². The van der Waals surface area contributed by atoms with Gasteiger partial charge in [0.2, 0.25) is 0 Å². The van der Waals surface area contributed by atoms with Gasteiger partial charge in [0.1, 0.15) is 23.0 Å². The van der Waals surface area contributed by atoms with Gasteiger partial charge >= 0.3 is 0 Å². The quantitative estimate of drug-likeness (QED) is 0.620. The summed E-state index contributed by atoms with van der Waals surface area (Å²) in [7, 11) is 0. The first-order valence-corrected chi connectivity index (χ1v) is 11.0. The van der Waals surface area contributed by atoms with Crippen molar-refractivity contribution in [2.75, 3.05) is 0 Å². The maximum Gasteiger partial charge on any atom is 0.135 e. The lowest BCUT2D eigenvalue weighted by molar-refractivity contribution is 0.304. The van der Waals surface area contributed by atoms with E-state index in [2.05, 4.69) is 67.6 Å². The van der Waals surface area contributed by atoms with Crippen molar-refractivity contribution in [2.45, 2.75) is 18.8 Å². The van der Waals surface area contributed by atoms with Gasteiger partial charge in [-0.1, -0.05) is 79.8 Å². The minimum atomic E-state index is -0.394. The minimum Gasteiger partial charge on any atom is -0.508 e. The largest absolute Gasteiger partial charge is 0.508 e. The zero-order valence-corrected chi connectivity index (χ0v) is 17.8. The molecule has 32 heavy (non-hydrogen) atoms. The van der Waals surface area contributed by atoms with E-state index in [4.69, 9.17) is 4.74 Å². The highest BCUT2D eigenvalue weighted by Crippen LogP contribution is 2.56. The fourth-order valence-corrected chi connectivity index (χ4v) is 5.74. The van der Waals surface area contributed by atoms with Crippen molar-refractivity contribution >= 4 is 12.2 Å². The highest BCUT2D eigenvalue weighted by molar-refractivity contribution is 5.62. The van der Waals surface area contributed by atoms with Gasteiger partial charge in [-0.3, -0.25) is 0 Å². The standard InChI is InChI=1S/C29H24O3/c1-28(18-29-13-5-4-8-21(29)14-19-6-2-3-7-20(19)17-29)24-11-9-22(30)15-26(24)32-27-16-23(31)10-12-25(27)28/h2-17,21,30-31H,18H2,1H3. The van der Waals surface area contributed by atoms with Crippen LogP contribution >= 0.6 is 0 Å². The van der Waals surface area contributed by atoms with E-state index >= 15 is 0 Å². The van der Waals surface area contributed by atoms with Crippen LogP contribution in [-0.4, -0.2) is 10.2 Å². The molecule has 1 heterocycles. The van der Waals surface area contributed by atoms with E-state index in [9.17, 15) is 10.2 Å². The van der Waals surface area contributed by atoms with E-state index in [0.717, 1.165) is 17.5 Å². The lowest BCUT2D eigenvalue weighted by Crippen LogP contribution is -2.43. The van der Waals surface area contributed by atoms with Crippen molar-refractivity contribution in [1.82, 2.24) is 0 Å². The van der Waals surface area contributed by atoms with E-state index in [1.54, 1.807) is 24.3 Å².